The van der Waals surface area contributed by atoms with Crippen LogP contribution in [-0.2, 0) is 20.1 Å². The number of halogens is 3. The minimum Gasteiger partial charge on any atom is -0.434 e. The van der Waals surface area contributed by atoms with E-state index in [1.807, 2.05) is 55.8 Å². The third-order valence-corrected chi connectivity index (χ3v) is 4.85. The molecule has 1 atom stereocenters. The maximum Gasteiger partial charge on any atom is 0.387 e. The molecule has 0 spiro atoms. The van der Waals surface area contributed by atoms with Gasteiger partial charge in [-0.2, -0.15) is 8.78 Å². The first-order valence-electron chi connectivity index (χ1n) is 9.91. The van der Waals surface area contributed by atoms with Crippen molar-refractivity contribution in [2.45, 2.75) is 39.6 Å². The molecule has 172 valence electrons. The summed E-state index contributed by atoms with van der Waals surface area (Å²) in [5.74, 6) is 2.18. The van der Waals surface area contributed by atoms with Crippen molar-refractivity contribution in [3.8, 4) is 5.75 Å². The van der Waals surface area contributed by atoms with Gasteiger partial charge in [-0.15, -0.1) is 34.2 Å². The molecule has 0 bridgehead atoms. The maximum atomic E-state index is 12.7. The van der Waals surface area contributed by atoms with E-state index in [9.17, 15) is 8.78 Å². The van der Waals surface area contributed by atoms with Crippen LogP contribution in [0.1, 0.15) is 35.7 Å². The second-order valence-corrected chi connectivity index (χ2v) is 7.00. The van der Waals surface area contributed by atoms with Gasteiger partial charge in [0.15, 0.2) is 11.8 Å². The predicted molar refractivity (Wildman–Crippen MR) is 130 cm³/mol. The van der Waals surface area contributed by atoms with Crippen molar-refractivity contribution in [2.75, 3.05) is 0 Å². The van der Waals surface area contributed by atoms with Crippen molar-refractivity contribution < 1.29 is 13.5 Å². The summed E-state index contributed by atoms with van der Waals surface area (Å²) in [6.07, 6.45) is 0. The zero-order valence-corrected chi connectivity index (χ0v) is 20.5. The summed E-state index contributed by atoms with van der Waals surface area (Å²) >= 11 is 0. The number of para-hydroxylation sites is 1. The SMILES string of the molecule is Cc1nnc(CNC(=NCc2ccccc2OC(F)F)NC(C)c2ccccc2)n1C.I. The highest BCUT2D eigenvalue weighted by molar-refractivity contribution is 14.0. The molecule has 0 fully saturated rings. The highest BCUT2D eigenvalue weighted by atomic mass is 127. The van der Waals surface area contributed by atoms with E-state index in [1.165, 1.54) is 6.07 Å². The van der Waals surface area contributed by atoms with Crippen LogP contribution in [0.2, 0.25) is 0 Å². The first kappa shape index (κ1) is 25.5. The quantitative estimate of drug-likeness (QED) is 0.245. The van der Waals surface area contributed by atoms with Gasteiger partial charge in [0.05, 0.1) is 19.1 Å². The first-order chi connectivity index (χ1) is 14.9. The monoisotopic (exact) mass is 556 g/mol. The molecule has 0 aliphatic carbocycles. The molecule has 3 aromatic rings. The molecular formula is C22H27F2IN6O. The highest BCUT2D eigenvalue weighted by Gasteiger charge is 2.12. The molecule has 0 aliphatic rings. The molecule has 10 heteroatoms. The zero-order chi connectivity index (χ0) is 22.2. The van der Waals surface area contributed by atoms with Gasteiger partial charge in [0.1, 0.15) is 11.6 Å². The fourth-order valence-corrected chi connectivity index (χ4v) is 2.96. The lowest BCUT2D eigenvalue weighted by Crippen LogP contribution is -2.39. The van der Waals surface area contributed by atoms with Crippen molar-refractivity contribution in [3.63, 3.8) is 0 Å². The lowest BCUT2D eigenvalue weighted by Gasteiger charge is -2.19. The third kappa shape index (κ3) is 7.14. The molecule has 0 saturated heterocycles. The highest BCUT2D eigenvalue weighted by Crippen LogP contribution is 2.21. The van der Waals surface area contributed by atoms with E-state index in [0.717, 1.165) is 17.2 Å². The van der Waals surface area contributed by atoms with Crippen LogP contribution in [0.5, 0.6) is 5.75 Å². The van der Waals surface area contributed by atoms with Crippen molar-refractivity contribution in [1.29, 1.82) is 0 Å². The minimum absolute atomic E-state index is 0. The molecule has 3 rings (SSSR count). The predicted octanol–water partition coefficient (Wildman–Crippen LogP) is 4.34. The standard InChI is InChI=1S/C22H26F2N6O.HI/c1-15(17-9-5-4-6-10-17)27-22(26-14-20-29-28-16(2)30(20)3)25-13-18-11-7-8-12-19(18)31-21(23)24;/h4-12,15,21H,13-14H2,1-3H3,(H2,25,26,27);1H. The second-order valence-electron chi connectivity index (χ2n) is 7.00. The van der Waals surface area contributed by atoms with Crippen LogP contribution in [0.15, 0.2) is 59.6 Å². The van der Waals surface area contributed by atoms with E-state index in [2.05, 4.69) is 30.6 Å². The average molecular weight is 556 g/mol. The number of ether oxygens (including phenoxy) is 1. The molecule has 0 amide bonds. The van der Waals surface area contributed by atoms with E-state index < -0.39 is 6.61 Å². The van der Waals surface area contributed by atoms with Crippen LogP contribution in [0.4, 0.5) is 8.78 Å². The summed E-state index contributed by atoms with van der Waals surface area (Å²) in [4.78, 5) is 4.59. The summed E-state index contributed by atoms with van der Waals surface area (Å²) in [7, 11) is 1.89. The Balaban J connectivity index is 0.00000363. The second kappa shape index (κ2) is 12.3. The van der Waals surface area contributed by atoms with Crippen molar-refractivity contribution in [2.24, 2.45) is 12.0 Å². The summed E-state index contributed by atoms with van der Waals surface area (Å²) in [5, 5.41) is 14.8. The van der Waals surface area contributed by atoms with Gasteiger partial charge in [-0.25, -0.2) is 4.99 Å². The van der Waals surface area contributed by atoms with Gasteiger partial charge in [0, 0.05) is 12.6 Å². The first-order valence-corrected chi connectivity index (χ1v) is 9.91. The molecule has 1 heterocycles. The summed E-state index contributed by atoms with van der Waals surface area (Å²) in [5.41, 5.74) is 1.65. The van der Waals surface area contributed by atoms with Gasteiger partial charge < -0.3 is 19.9 Å². The number of hydrogen-bond donors (Lipinski definition) is 2. The number of hydrogen-bond acceptors (Lipinski definition) is 4. The fraction of sp³-hybridized carbons (Fsp3) is 0.318. The molecule has 7 nitrogen and oxygen atoms in total. The van der Waals surface area contributed by atoms with Gasteiger partial charge in [-0.1, -0.05) is 48.5 Å². The van der Waals surface area contributed by atoms with Gasteiger partial charge in [-0.05, 0) is 25.5 Å². The molecule has 1 unspecified atom stereocenters. The Hall–Kier alpha value is -2.76. The normalized spacial score (nSPS) is 12.2. The van der Waals surface area contributed by atoms with Crippen molar-refractivity contribution >= 4 is 29.9 Å². The third-order valence-electron chi connectivity index (χ3n) is 4.85. The zero-order valence-electron chi connectivity index (χ0n) is 18.1. The number of guanidine groups is 1. The Bertz CT molecular complexity index is 1010. The average Bonchev–Trinajstić information content (AvgIpc) is 3.08. The Kier molecular flexibility index (Phi) is 9.82. The fourth-order valence-electron chi connectivity index (χ4n) is 2.96. The van der Waals surface area contributed by atoms with E-state index in [4.69, 9.17) is 0 Å². The molecule has 32 heavy (non-hydrogen) atoms. The van der Waals surface area contributed by atoms with Gasteiger partial charge in [0.25, 0.3) is 0 Å². The minimum atomic E-state index is -2.89. The smallest absolute Gasteiger partial charge is 0.387 e. The Morgan fingerprint density at radius 3 is 2.44 bits per heavy atom. The molecule has 1 aromatic heterocycles. The number of benzene rings is 2. The summed E-state index contributed by atoms with van der Waals surface area (Å²) in [6.45, 7) is 1.57. The Labute approximate surface area is 203 Å². The van der Waals surface area contributed by atoms with Crippen molar-refractivity contribution in [1.82, 2.24) is 25.4 Å². The van der Waals surface area contributed by atoms with Crippen LogP contribution in [0.3, 0.4) is 0 Å². The van der Waals surface area contributed by atoms with Gasteiger partial charge in [-0.3, -0.25) is 0 Å². The van der Waals surface area contributed by atoms with Crippen LogP contribution in [-0.4, -0.2) is 27.3 Å². The van der Waals surface area contributed by atoms with Crippen LogP contribution in [0.25, 0.3) is 0 Å². The number of rotatable bonds is 8. The number of nitrogens with zero attached hydrogens (tertiary/aromatic N) is 4. The van der Waals surface area contributed by atoms with Crippen LogP contribution < -0.4 is 15.4 Å². The molecule has 0 radical (unpaired) electrons. The topological polar surface area (TPSA) is 76.4 Å². The van der Waals surface area contributed by atoms with Crippen LogP contribution in [0, 0.1) is 6.92 Å². The Morgan fingerprint density at radius 1 is 1.09 bits per heavy atom. The Morgan fingerprint density at radius 2 is 1.78 bits per heavy atom. The largest absolute Gasteiger partial charge is 0.434 e. The summed E-state index contributed by atoms with van der Waals surface area (Å²) in [6, 6.07) is 16.5. The number of nitrogens with one attached hydrogen (secondary N) is 2. The molecule has 0 aliphatic heterocycles. The molecule has 2 N–H and O–H groups in total. The molecule has 2 aromatic carbocycles. The van der Waals surface area contributed by atoms with E-state index in [-0.39, 0.29) is 42.3 Å². The van der Waals surface area contributed by atoms with E-state index >= 15 is 0 Å². The van der Waals surface area contributed by atoms with Crippen LogP contribution >= 0.6 is 24.0 Å². The lowest BCUT2D eigenvalue weighted by molar-refractivity contribution is -0.0504. The lowest BCUT2D eigenvalue weighted by atomic mass is 10.1. The number of aliphatic imine (C=N–C) groups is 1. The van der Waals surface area contributed by atoms with E-state index in [1.54, 1.807) is 18.2 Å². The van der Waals surface area contributed by atoms with Gasteiger partial charge in [0.2, 0.25) is 0 Å². The number of aromatic nitrogens is 3. The number of alkyl halides is 2. The van der Waals surface area contributed by atoms with Crippen molar-refractivity contribution in [3.05, 3.63) is 77.4 Å². The molecule has 0 saturated carbocycles. The van der Waals surface area contributed by atoms with E-state index in [0.29, 0.717) is 18.1 Å². The molecular weight excluding hydrogens is 529 g/mol. The maximum absolute atomic E-state index is 12.7. The summed E-state index contributed by atoms with van der Waals surface area (Å²) < 4.78 is 31.9. The number of aryl methyl sites for hydroxylation is 1. The van der Waals surface area contributed by atoms with Gasteiger partial charge >= 0.3 is 6.61 Å².